The third-order valence-electron chi connectivity index (χ3n) is 3.58. The van der Waals surface area contributed by atoms with E-state index in [1.807, 2.05) is 36.4 Å². The van der Waals surface area contributed by atoms with Gasteiger partial charge in [0.1, 0.15) is 12.4 Å². The first-order chi connectivity index (χ1) is 10.8. The van der Waals surface area contributed by atoms with E-state index in [1.54, 1.807) is 0 Å². The van der Waals surface area contributed by atoms with E-state index in [2.05, 4.69) is 55.1 Å². The van der Waals surface area contributed by atoms with Gasteiger partial charge in [0, 0.05) is 0 Å². The summed E-state index contributed by atoms with van der Waals surface area (Å²) in [5, 5.41) is 0. The molecule has 0 amide bonds. The van der Waals surface area contributed by atoms with E-state index < -0.39 is 0 Å². The smallest absolute Gasteiger partial charge is 0.119 e. The van der Waals surface area contributed by atoms with Crippen molar-refractivity contribution < 1.29 is 4.74 Å². The first-order valence-corrected chi connectivity index (χ1v) is 7.35. The Morgan fingerprint density at radius 1 is 0.727 bits per heavy atom. The second kappa shape index (κ2) is 6.77. The van der Waals surface area contributed by atoms with Crippen LogP contribution >= 0.6 is 0 Å². The van der Waals surface area contributed by atoms with Crippen LogP contribution in [0.4, 0.5) is 0 Å². The number of ether oxygens (including phenoxy) is 1. The molecule has 0 saturated heterocycles. The standard InChI is InChI=1S/C21H18O/c1-2-17-8-10-19(11-9-17)20-12-14-21(15-13-20)22-16-18-6-4-3-5-7-18/h2-15H,1,16H2. The molecule has 0 aliphatic heterocycles. The van der Waals surface area contributed by atoms with Crippen LogP contribution in [0.1, 0.15) is 11.1 Å². The molecular weight excluding hydrogens is 268 g/mol. The van der Waals surface area contributed by atoms with E-state index in [0.29, 0.717) is 6.61 Å². The Balaban J connectivity index is 1.68. The quantitative estimate of drug-likeness (QED) is 0.595. The molecule has 0 unspecified atom stereocenters. The maximum absolute atomic E-state index is 5.81. The van der Waals surface area contributed by atoms with Gasteiger partial charge < -0.3 is 4.74 Å². The van der Waals surface area contributed by atoms with Crippen molar-refractivity contribution in [3.8, 4) is 16.9 Å². The van der Waals surface area contributed by atoms with E-state index in [0.717, 1.165) is 11.3 Å². The molecule has 3 aromatic rings. The summed E-state index contributed by atoms with van der Waals surface area (Å²) < 4.78 is 5.81. The molecule has 0 aromatic heterocycles. The third kappa shape index (κ3) is 3.44. The van der Waals surface area contributed by atoms with Crippen LogP contribution in [0.25, 0.3) is 17.2 Å². The fraction of sp³-hybridized carbons (Fsp3) is 0.0476. The molecule has 0 N–H and O–H groups in total. The van der Waals surface area contributed by atoms with Gasteiger partial charge in [0.15, 0.2) is 0 Å². The molecule has 0 bridgehead atoms. The molecule has 0 atom stereocenters. The fourth-order valence-corrected chi connectivity index (χ4v) is 2.30. The van der Waals surface area contributed by atoms with Crippen molar-refractivity contribution in [2.24, 2.45) is 0 Å². The molecular formula is C21H18O. The molecule has 0 aliphatic carbocycles. The van der Waals surface area contributed by atoms with Crippen LogP contribution in [-0.4, -0.2) is 0 Å². The average Bonchev–Trinajstić information content (AvgIpc) is 2.61. The van der Waals surface area contributed by atoms with Gasteiger partial charge in [-0.1, -0.05) is 79.4 Å². The maximum Gasteiger partial charge on any atom is 0.119 e. The van der Waals surface area contributed by atoms with Crippen LogP contribution in [-0.2, 0) is 6.61 Å². The van der Waals surface area contributed by atoms with Crippen molar-refractivity contribution in [2.75, 3.05) is 0 Å². The van der Waals surface area contributed by atoms with Crippen LogP contribution in [0.3, 0.4) is 0 Å². The van der Waals surface area contributed by atoms with Gasteiger partial charge >= 0.3 is 0 Å². The Hall–Kier alpha value is -2.80. The summed E-state index contributed by atoms with van der Waals surface area (Å²) in [6, 6.07) is 26.7. The lowest BCUT2D eigenvalue weighted by Gasteiger charge is -2.08. The largest absolute Gasteiger partial charge is 0.489 e. The molecule has 0 fully saturated rings. The van der Waals surface area contributed by atoms with Crippen molar-refractivity contribution in [3.63, 3.8) is 0 Å². The second-order valence-corrected chi connectivity index (χ2v) is 5.12. The van der Waals surface area contributed by atoms with Crippen molar-refractivity contribution in [1.82, 2.24) is 0 Å². The molecule has 0 saturated carbocycles. The number of benzene rings is 3. The Kier molecular flexibility index (Phi) is 4.35. The molecule has 3 aromatic carbocycles. The number of hydrogen-bond donors (Lipinski definition) is 0. The molecule has 0 heterocycles. The van der Waals surface area contributed by atoms with Gasteiger partial charge in [-0.2, -0.15) is 0 Å². The fourth-order valence-electron chi connectivity index (χ4n) is 2.30. The van der Waals surface area contributed by atoms with E-state index in [-0.39, 0.29) is 0 Å². The predicted molar refractivity (Wildman–Crippen MR) is 92.7 cm³/mol. The molecule has 3 rings (SSSR count). The van der Waals surface area contributed by atoms with Crippen molar-refractivity contribution in [3.05, 3.63) is 96.6 Å². The van der Waals surface area contributed by atoms with Gasteiger partial charge in [0.25, 0.3) is 0 Å². The summed E-state index contributed by atoms with van der Waals surface area (Å²) in [7, 11) is 0. The molecule has 108 valence electrons. The lowest BCUT2D eigenvalue weighted by Crippen LogP contribution is -1.94. The zero-order valence-electron chi connectivity index (χ0n) is 12.4. The van der Waals surface area contributed by atoms with Gasteiger partial charge in [0.2, 0.25) is 0 Å². The van der Waals surface area contributed by atoms with Gasteiger partial charge in [-0.25, -0.2) is 0 Å². The molecule has 1 heteroatoms. The molecule has 22 heavy (non-hydrogen) atoms. The first kappa shape index (κ1) is 14.2. The van der Waals surface area contributed by atoms with Gasteiger partial charge in [0.05, 0.1) is 0 Å². The van der Waals surface area contributed by atoms with E-state index in [1.165, 1.54) is 16.7 Å². The van der Waals surface area contributed by atoms with E-state index >= 15 is 0 Å². The summed E-state index contributed by atoms with van der Waals surface area (Å²) in [6.07, 6.45) is 1.85. The van der Waals surface area contributed by atoms with Gasteiger partial charge in [-0.05, 0) is 34.4 Å². The van der Waals surface area contributed by atoms with E-state index in [4.69, 9.17) is 4.74 Å². The Morgan fingerprint density at radius 2 is 1.32 bits per heavy atom. The van der Waals surface area contributed by atoms with Crippen LogP contribution in [0.15, 0.2) is 85.4 Å². The summed E-state index contributed by atoms with van der Waals surface area (Å²) in [4.78, 5) is 0. The number of hydrogen-bond acceptors (Lipinski definition) is 1. The van der Waals surface area contributed by atoms with E-state index in [9.17, 15) is 0 Å². The Labute approximate surface area is 131 Å². The highest BCUT2D eigenvalue weighted by Gasteiger charge is 1.99. The first-order valence-electron chi connectivity index (χ1n) is 7.35. The second-order valence-electron chi connectivity index (χ2n) is 5.12. The lowest BCUT2D eigenvalue weighted by molar-refractivity contribution is 0.306. The molecule has 0 radical (unpaired) electrons. The van der Waals surface area contributed by atoms with Crippen LogP contribution < -0.4 is 4.74 Å². The normalized spacial score (nSPS) is 10.2. The monoisotopic (exact) mass is 286 g/mol. The number of rotatable bonds is 5. The molecule has 1 nitrogen and oxygen atoms in total. The van der Waals surface area contributed by atoms with Crippen LogP contribution in [0, 0.1) is 0 Å². The highest BCUT2D eigenvalue weighted by atomic mass is 16.5. The summed E-state index contributed by atoms with van der Waals surface area (Å²) in [5.41, 5.74) is 4.68. The highest BCUT2D eigenvalue weighted by molar-refractivity contribution is 5.66. The van der Waals surface area contributed by atoms with Crippen molar-refractivity contribution in [1.29, 1.82) is 0 Å². The van der Waals surface area contributed by atoms with Gasteiger partial charge in [-0.15, -0.1) is 0 Å². The third-order valence-corrected chi connectivity index (χ3v) is 3.58. The zero-order valence-corrected chi connectivity index (χ0v) is 12.4. The summed E-state index contributed by atoms with van der Waals surface area (Å²) in [6.45, 7) is 4.37. The SMILES string of the molecule is C=Cc1ccc(-c2ccc(OCc3ccccc3)cc2)cc1. The highest BCUT2D eigenvalue weighted by Crippen LogP contribution is 2.23. The van der Waals surface area contributed by atoms with Crippen LogP contribution in [0.2, 0.25) is 0 Å². The lowest BCUT2D eigenvalue weighted by atomic mass is 10.0. The zero-order chi connectivity index (χ0) is 15.2. The minimum atomic E-state index is 0.591. The van der Waals surface area contributed by atoms with Crippen molar-refractivity contribution >= 4 is 6.08 Å². The average molecular weight is 286 g/mol. The summed E-state index contributed by atoms with van der Waals surface area (Å²) >= 11 is 0. The maximum atomic E-state index is 5.81. The summed E-state index contributed by atoms with van der Waals surface area (Å²) in [5.74, 6) is 0.885. The molecule has 0 aliphatic rings. The predicted octanol–water partition coefficient (Wildman–Crippen LogP) is 5.58. The Bertz CT molecular complexity index is 725. The Morgan fingerprint density at radius 3 is 1.91 bits per heavy atom. The van der Waals surface area contributed by atoms with Crippen LogP contribution in [0.5, 0.6) is 5.75 Å². The minimum absolute atomic E-state index is 0.591. The van der Waals surface area contributed by atoms with Gasteiger partial charge in [-0.3, -0.25) is 0 Å². The minimum Gasteiger partial charge on any atom is -0.489 e. The molecule has 0 spiro atoms. The topological polar surface area (TPSA) is 9.23 Å². The van der Waals surface area contributed by atoms with Crippen molar-refractivity contribution in [2.45, 2.75) is 6.61 Å².